The highest BCUT2D eigenvalue weighted by Gasteiger charge is 2.36. The van der Waals surface area contributed by atoms with E-state index in [-0.39, 0.29) is 12.0 Å². The highest BCUT2D eigenvalue weighted by Crippen LogP contribution is 2.34. The molecule has 2 heterocycles. The number of nitrogens with one attached hydrogen (secondary N) is 1. The number of hydrogen-bond acceptors (Lipinski definition) is 4. The minimum absolute atomic E-state index is 0.0473. The SMILES string of the molecule is CNC(=O)[C@@H](c1ccc(C(F)(F)F)cc1)N1CCC([C@H]2CC(Br)=NO2)CC1. The van der Waals surface area contributed by atoms with Gasteiger partial charge in [-0.1, -0.05) is 17.3 Å². The average Bonchev–Trinajstić information content (AvgIpc) is 3.08. The molecule has 27 heavy (non-hydrogen) atoms. The quantitative estimate of drug-likeness (QED) is 0.765. The predicted molar refractivity (Wildman–Crippen MR) is 98.4 cm³/mol. The number of carbonyl (C=O) groups excluding carboxylic acids is 1. The Morgan fingerprint density at radius 3 is 2.41 bits per heavy atom. The summed E-state index contributed by atoms with van der Waals surface area (Å²) in [4.78, 5) is 19.9. The Bertz CT molecular complexity index is 701. The lowest BCUT2D eigenvalue weighted by Crippen LogP contribution is -2.45. The van der Waals surface area contributed by atoms with Crippen molar-refractivity contribution in [2.75, 3.05) is 20.1 Å². The fourth-order valence-electron chi connectivity index (χ4n) is 3.69. The van der Waals surface area contributed by atoms with Gasteiger partial charge in [-0.05, 0) is 59.6 Å². The molecule has 0 saturated carbocycles. The van der Waals surface area contributed by atoms with Crippen molar-refractivity contribution in [2.24, 2.45) is 11.1 Å². The number of alkyl halides is 3. The maximum absolute atomic E-state index is 12.8. The molecule has 1 N–H and O–H groups in total. The maximum atomic E-state index is 12.8. The molecule has 1 fully saturated rings. The Kier molecular flexibility index (Phi) is 6.10. The molecule has 1 aromatic carbocycles. The van der Waals surface area contributed by atoms with Crippen molar-refractivity contribution in [3.8, 4) is 0 Å². The van der Waals surface area contributed by atoms with Crippen LogP contribution in [0.2, 0.25) is 0 Å². The molecule has 0 spiro atoms. The van der Waals surface area contributed by atoms with Crippen LogP contribution in [0.25, 0.3) is 0 Å². The van der Waals surface area contributed by atoms with E-state index in [1.807, 2.05) is 4.90 Å². The number of likely N-dealkylation sites (N-methyl/N-ethyl adjacent to an activating group) is 1. The third kappa shape index (κ3) is 4.63. The molecule has 0 aromatic heterocycles. The van der Waals surface area contributed by atoms with Crippen LogP contribution in [0.15, 0.2) is 29.4 Å². The van der Waals surface area contributed by atoms with Crippen LogP contribution < -0.4 is 5.32 Å². The lowest BCUT2D eigenvalue weighted by molar-refractivity contribution is -0.137. The lowest BCUT2D eigenvalue weighted by atomic mass is 9.88. The summed E-state index contributed by atoms with van der Waals surface area (Å²) in [5.74, 6) is 0.120. The van der Waals surface area contributed by atoms with Crippen LogP contribution in [0, 0.1) is 5.92 Å². The Labute approximate surface area is 164 Å². The molecular weight excluding hydrogens is 427 g/mol. The molecule has 1 aromatic rings. The Morgan fingerprint density at radius 2 is 1.93 bits per heavy atom. The zero-order chi connectivity index (χ0) is 19.6. The summed E-state index contributed by atoms with van der Waals surface area (Å²) in [5, 5.41) is 6.55. The second kappa shape index (κ2) is 8.18. The van der Waals surface area contributed by atoms with Gasteiger partial charge in [-0.2, -0.15) is 13.2 Å². The largest absolute Gasteiger partial charge is 0.416 e. The highest BCUT2D eigenvalue weighted by molar-refractivity contribution is 9.18. The normalized spacial score (nSPS) is 22.9. The van der Waals surface area contributed by atoms with Crippen molar-refractivity contribution in [1.29, 1.82) is 0 Å². The van der Waals surface area contributed by atoms with E-state index in [9.17, 15) is 18.0 Å². The number of hydrogen-bond donors (Lipinski definition) is 1. The molecule has 9 heteroatoms. The van der Waals surface area contributed by atoms with Crippen LogP contribution in [0.5, 0.6) is 0 Å². The number of rotatable bonds is 4. The Morgan fingerprint density at radius 1 is 1.30 bits per heavy atom. The van der Waals surface area contributed by atoms with Gasteiger partial charge in [-0.25, -0.2) is 0 Å². The molecule has 0 bridgehead atoms. The summed E-state index contributed by atoms with van der Waals surface area (Å²) in [7, 11) is 1.54. The van der Waals surface area contributed by atoms with Gasteiger partial charge in [0.1, 0.15) is 16.8 Å². The molecule has 3 rings (SSSR count). The fourth-order valence-corrected chi connectivity index (χ4v) is 4.09. The molecule has 2 atom stereocenters. The topological polar surface area (TPSA) is 53.9 Å². The van der Waals surface area contributed by atoms with Crippen LogP contribution in [0.1, 0.15) is 36.4 Å². The fraction of sp³-hybridized carbons (Fsp3) is 0.556. The highest BCUT2D eigenvalue weighted by atomic mass is 79.9. The van der Waals surface area contributed by atoms with Crippen molar-refractivity contribution in [3.05, 3.63) is 35.4 Å². The Balaban J connectivity index is 1.70. The molecule has 5 nitrogen and oxygen atoms in total. The van der Waals surface area contributed by atoms with Crippen molar-refractivity contribution >= 4 is 26.5 Å². The van der Waals surface area contributed by atoms with Crippen LogP contribution in [-0.2, 0) is 15.8 Å². The summed E-state index contributed by atoms with van der Waals surface area (Å²) in [5.41, 5.74) is -0.159. The summed E-state index contributed by atoms with van der Waals surface area (Å²) >= 11 is 3.34. The Hall–Kier alpha value is -1.61. The van der Waals surface area contributed by atoms with Crippen molar-refractivity contribution in [3.63, 3.8) is 0 Å². The lowest BCUT2D eigenvalue weighted by Gasteiger charge is -2.38. The van der Waals surface area contributed by atoms with Crippen LogP contribution in [0.4, 0.5) is 13.2 Å². The standard InChI is InChI=1S/C18H21BrF3N3O2/c1-23-17(26)16(12-2-4-13(5-3-12)18(20,21)22)25-8-6-11(7-9-25)14-10-15(19)24-27-14/h2-5,11,14,16H,6-10H2,1H3,(H,23,26)/t14-,16-/m1/s1. The van der Waals surface area contributed by atoms with E-state index in [2.05, 4.69) is 26.4 Å². The molecule has 1 amide bonds. The number of likely N-dealkylation sites (tertiary alicyclic amines) is 1. The third-order valence-electron chi connectivity index (χ3n) is 5.17. The van der Waals surface area contributed by atoms with E-state index in [4.69, 9.17) is 4.84 Å². The van der Waals surface area contributed by atoms with E-state index in [0.717, 1.165) is 36.0 Å². The second-order valence-corrected chi connectivity index (χ2v) is 7.74. The first-order chi connectivity index (χ1) is 12.8. The van der Waals surface area contributed by atoms with E-state index >= 15 is 0 Å². The van der Waals surface area contributed by atoms with Gasteiger partial charge in [0.25, 0.3) is 0 Å². The van der Waals surface area contributed by atoms with Gasteiger partial charge in [0.2, 0.25) is 5.91 Å². The summed E-state index contributed by atoms with van der Waals surface area (Å²) < 4.78 is 39.2. The van der Waals surface area contributed by atoms with Gasteiger partial charge in [-0.3, -0.25) is 9.69 Å². The van der Waals surface area contributed by atoms with Crippen molar-refractivity contribution < 1.29 is 22.8 Å². The molecule has 2 aliphatic heterocycles. The van der Waals surface area contributed by atoms with Gasteiger partial charge in [0, 0.05) is 19.4 Å². The smallest absolute Gasteiger partial charge is 0.391 e. The summed E-state index contributed by atoms with van der Waals surface area (Å²) in [6.45, 7) is 1.34. The number of carbonyl (C=O) groups is 1. The van der Waals surface area contributed by atoms with E-state index in [1.165, 1.54) is 19.2 Å². The predicted octanol–water partition coefficient (Wildman–Crippen LogP) is 3.70. The summed E-state index contributed by atoms with van der Waals surface area (Å²) in [6.07, 6.45) is -1.91. The van der Waals surface area contributed by atoms with Crippen LogP contribution in [-0.4, -0.2) is 41.7 Å². The van der Waals surface area contributed by atoms with Gasteiger partial charge in [0.15, 0.2) is 0 Å². The van der Waals surface area contributed by atoms with Crippen LogP contribution in [0.3, 0.4) is 0 Å². The van der Waals surface area contributed by atoms with Crippen LogP contribution >= 0.6 is 15.9 Å². The number of oxime groups is 1. The second-order valence-electron chi connectivity index (χ2n) is 6.83. The maximum Gasteiger partial charge on any atom is 0.416 e. The van der Waals surface area contributed by atoms with Gasteiger partial charge in [-0.15, -0.1) is 0 Å². The molecule has 1 saturated heterocycles. The van der Waals surface area contributed by atoms with E-state index in [1.54, 1.807) is 0 Å². The molecule has 148 valence electrons. The third-order valence-corrected chi connectivity index (χ3v) is 5.64. The number of halogens is 4. The van der Waals surface area contributed by atoms with Gasteiger partial charge >= 0.3 is 6.18 Å². The molecule has 0 aliphatic carbocycles. The zero-order valence-corrected chi connectivity index (χ0v) is 16.4. The number of amides is 1. The first kappa shape index (κ1) is 20.1. The molecular formula is C18H21BrF3N3O2. The van der Waals surface area contributed by atoms with E-state index in [0.29, 0.717) is 24.6 Å². The molecule has 0 radical (unpaired) electrons. The minimum Gasteiger partial charge on any atom is -0.391 e. The number of benzene rings is 1. The van der Waals surface area contributed by atoms with Gasteiger partial charge < -0.3 is 10.2 Å². The summed E-state index contributed by atoms with van der Waals surface area (Å²) in [6, 6.07) is 4.23. The van der Waals surface area contributed by atoms with E-state index < -0.39 is 17.8 Å². The first-order valence-corrected chi connectivity index (χ1v) is 9.60. The number of piperidine rings is 1. The zero-order valence-electron chi connectivity index (χ0n) is 14.8. The van der Waals surface area contributed by atoms with Gasteiger partial charge in [0.05, 0.1) is 5.56 Å². The molecule has 0 unspecified atom stereocenters. The number of nitrogens with zero attached hydrogens (tertiary/aromatic N) is 2. The molecule has 2 aliphatic rings. The first-order valence-electron chi connectivity index (χ1n) is 8.80. The minimum atomic E-state index is -4.39. The average molecular weight is 448 g/mol. The van der Waals surface area contributed by atoms with Crippen molar-refractivity contribution in [1.82, 2.24) is 10.2 Å². The van der Waals surface area contributed by atoms with Crippen molar-refractivity contribution in [2.45, 2.75) is 37.6 Å². The monoisotopic (exact) mass is 447 g/mol.